The van der Waals surface area contributed by atoms with E-state index in [4.69, 9.17) is 16.6 Å². The van der Waals surface area contributed by atoms with E-state index in [2.05, 4.69) is 15.1 Å². The lowest BCUT2D eigenvalue weighted by atomic mass is 10.1. The van der Waals surface area contributed by atoms with E-state index in [0.29, 0.717) is 18.1 Å². The quantitative estimate of drug-likeness (QED) is 0.705. The van der Waals surface area contributed by atoms with Crippen molar-refractivity contribution >= 4 is 35.1 Å². The zero-order valence-electron chi connectivity index (χ0n) is 18.8. The maximum atomic E-state index is 13.3. The molecule has 3 aliphatic heterocycles. The van der Waals surface area contributed by atoms with Crippen molar-refractivity contribution in [3.05, 3.63) is 64.9 Å². The Morgan fingerprint density at radius 1 is 1.00 bits per heavy atom. The lowest BCUT2D eigenvalue weighted by molar-refractivity contribution is -0.127. The molecule has 0 aromatic heterocycles. The monoisotopic (exact) mass is 484 g/mol. The maximum absolute atomic E-state index is 13.3. The minimum absolute atomic E-state index is 0.239. The van der Waals surface area contributed by atoms with E-state index in [0.717, 1.165) is 43.3 Å². The summed E-state index contributed by atoms with van der Waals surface area (Å²) >= 11 is 6.04. The first-order valence-electron chi connectivity index (χ1n) is 11.3. The predicted molar refractivity (Wildman–Crippen MR) is 128 cm³/mol. The Morgan fingerprint density at radius 2 is 1.68 bits per heavy atom. The largest absolute Gasteiger partial charge is 0.369 e. The topological polar surface area (TPSA) is 71.5 Å². The highest BCUT2D eigenvalue weighted by atomic mass is 35.5. The van der Waals surface area contributed by atoms with Crippen LogP contribution in [-0.4, -0.2) is 84.5 Å². The number of carbonyl (C=O) groups is 2. The fourth-order valence-electron chi connectivity index (χ4n) is 4.71. The molecule has 10 heteroatoms. The molecule has 2 fully saturated rings. The summed E-state index contributed by atoms with van der Waals surface area (Å²) in [6.45, 7) is 4.29. The molecule has 3 amide bonds. The molecule has 34 heavy (non-hydrogen) atoms. The van der Waals surface area contributed by atoms with Gasteiger partial charge in [-0.3, -0.25) is 15.0 Å². The lowest BCUT2D eigenvalue weighted by Gasteiger charge is -2.38. The van der Waals surface area contributed by atoms with Crippen LogP contribution in [0.15, 0.2) is 53.5 Å². The molecule has 0 radical (unpaired) electrons. The van der Waals surface area contributed by atoms with Gasteiger partial charge in [0.05, 0.1) is 6.54 Å². The highest BCUT2D eigenvalue weighted by Crippen LogP contribution is 2.27. The van der Waals surface area contributed by atoms with E-state index in [1.807, 2.05) is 29.2 Å². The molecule has 178 valence electrons. The third-order valence-corrected chi connectivity index (χ3v) is 6.89. The van der Waals surface area contributed by atoms with Gasteiger partial charge in [-0.05, 0) is 42.0 Å². The summed E-state index contributed by atoms with van der Waals surface area (Å²) < 4.78 is 13.3. The van der Waals surface area contributed by atoms with Crippen LogP contribution in [0.1, 0.15) is 5.56 Å². The molecule has 2 aromatic carbocycles. The van der Waals surface area contributed by atoms with Gasteiger partial charge in [-0.2, -0.15) is 0 Å². The molecule has 0 spiro atoms. The number of nitrogens with one attached hydrogen (secondary N) is 1. The summed E-state index contributed by atoms with van der Waals surface area (Å²) in [7, 11) is 1.66. The summed E-state index contributed by atoms with van der Waals surface area (Å²) in [5, 5.41) is 3.09. The summed E-state index contributed by atoms with van der Waals surface area (Å²) in [4.78, 5) is 37.8. The van der Waals surface area contributed by atoms with Gasteiger partial charge >= 0.3 is 6.03 Å². The third kappa shape index (κ3) is 4.45. The zero-order chi connectivity index (χ0) is 23.8. The molecule has 0 bridgehead atoms. The van der Waals surface area contributed by atoms with Crippen LogP contribution in [0, 0.1) is 5.82 Å². The average Bonchev–Trinajstić information content (AvgIpc) is 3.18. The number of aliphatic imine (C=N–C) groups is 1. The van der Waals surface area contributed by atoms with Crippen LogP contribution in [0.3, 0.4) is 0 Å². The Kier molecular flexibility index (Phi) is 6.14. The van der Waals surface area contributed by atoms with Crippen molar-refractivity contribution in [3.63, 3.8) is 0 Å². The number of amides is 3. The first-order chi connectivity index (χ1) is 16.4. The number of imide groups is 1. The standard InChI is InChI=1S/C24H26ClFN6O2/c1-29-22-21(23(33)28-24(29)34)32(14-16-2-4-17(25)5-3-16)20(27-22)15-30-10-12-31(13-11-30)19-8-6-18(26)7-9-19/h2-9,21-22H,10-15H2,1H3,(H,28,33,34). The second kappa shape index (κ2) is 9.23. The summed E-state index contributed by atoms with van der Waals surface area (Å²) in [6.07, 6.45) is -0.552. The van der Waals surface area contributed by atoms with Gasteiger partial charge < -0.3 is 14.7 Å². The van der Waals surface area contributed by atoms with Crippen molar-refractivity contribution in [1.29, 1.82) is 0 Å². The number of halogens is 2. The number of anilines is 1. The lowest BCUT2D eigenvalue weighted by Crippen LogP contribution is -2.63. The Bertz CT molecular complexity index is 1100. The first-order valence-corrected chi connectivity index (χ1v) is 11.6. The van der Waals surface area contributed by atoms with Crippen molar-refractivity contribution in [2.24, 2.45) is 4.99 Å². The Hall–Kier alpha value is -3.17. The van der Waals surface area contributed by atoms with Gasteiger partial charge in [0.25, 0.3) is 5.91 Å². The van der Waals surface area contributed by atoms with E-state index < -0.39 is 18.2 Å². The summed E-state index contributed by atoms with van der Waals surface area (Å²) in [6, 6.07) is 13.1. The average molecular weight is 485 g/mol. The summed E-state index contributed by atoms with van der Waals surface area (Å²) in [5.41, 5.74) is 2.01. The Balaban J connectivity index is 1.32. The van der Waals surface area contributed by atoms with Gasteiger partial charge in [-0.15, -0.1) is 0 Å². The first kappa shape index (κ1) is 22.6. The van der Waals surface area contributed by atoms with Crippen molar-refractivity contribution in [3.8, 4) is 0 Å². The molecule has 2 unspecified atom stereocenters. The van der Waals surface area contributed by atoms with Crippen molar-refractivity contribution < 1.29 is 14.0 Å². The van der Waals surface area contributed by atoms with Gasteiger partial charge in [-0.1, -0.05) is 23.7 Å². The molecule has 0 saturated carbocycles. The van der Waals surface area contributed by atoms with E-state index in [9.17, 15) is 14.0 Å². The zero-order valence-corrected chi connectivity index (χ0v) is 19.6. The molecule has 1 N–H and O–H groups in total. The number of amidine groups is 1. The van der Waals surface area contributed by atoms with E-state index in [-0.39, 0.29) is 11.7 Å². The van der Waals surface area contributed by atoms with E-state index in [1.165, 1.54) is 17.0 Å². The number of hydrogen-bond acceptors (Lipinski definition) is 6. The van der Waals surface area contributed by atoms with Crippen molar-refractivity contribution in [2.45, 2.75) is 18.8 Å². The molecule has 8 nitrogen and oxygen atoms in total. The number of piperazine rings is 1. The third-order valence-electron chi connectivity index (χ3n) is 6.64. The number of urea groups is 1. The normalized spacial score (nSPS) is 23.1. The van der Waals surface area contributed by atoms with Crippen LogP contribution >= 0.6 is 11.6 Å². The van der Waals surface area contributed by atoms with Crippen LogP contribution < -0.4 is 10.2 Å². The molecule has 0 aliphatic carbocycles. The van der Waals surface area contributed by atoms with Crippen molar-refractivity contribution in [2.75, 3.05) is 44.7 Å². The number of rotatable bonds is 5. The number of benzene rings is 2. The van der Waals surface area contributed by atoms with E-state index in [1.54, 1.807) is 19.2 Å². The molecule has 2 aromatic rings. The molecule has 2 saturated heterocycles. The minimum Gasteiger partial charge on any atom is -0.369 e. The Morgan fingerprint density at radius 3 is 2.35 bits per heavy atom. The van der Waals surface area contributed by atoms with Crippen LogP contribution in [0.25, 0.3) is 0 Å². The summed E-state index contributed by atoms with van der Waals surface area (Å²) in [5.74, 6) is 0.218. The van der Waals surface area contributed by atoms with Gasteiger partial charge in [0.2, 0.25) is 0 Å². The number of fused-ring (bicyclic) bond motifs is 1. The molecular weight excluding hydrogens is 459 g/mol. The fraction of sp³-hybridized carbons (Fsp3) is 0.375. The highest BCUT2D eigenvalue weighted by molar-refractivity contribution is 6.30. The number of nitrogens with zero attached hydrogens (tertiary/aromatic N) is 5. The van der Waals surface area contributed by atoms with Gasteiger partial charge in [0.15, 0.2) is 12.2 Å². The number of hydrogen-bond donors (Lipinski definition) is 1. The van der Waals surface area contributed by atoms with Gasteiger partial charge in [-0.25, -0.2) is 14.2 Å². The highest BCUT2D eigenvalue weighted by Gasteiger charge is 2.48. The Labute approximate surface area is 202 Å². The molecule has 3 aliphatic rings. The van der Waals surface area contributed by atoms with Crippen LogP contribution in [0.2, 0.25) is 5.02 Å². The molecule has 5 rings (SSSR count). The second-order valence-electron chi connectivity index (χ2n) is 8.80. The van der Waals surface area contributed by atoms with Crippen LogP contribution in [-0.2, 0) is 11.3 Å². The van der Waals surface area contributed by atoms with Crippen LogP contribution in [0.5, 0.6) is 0 Å². The SMILES string of the molecule is CN1C(=O)NC(=O)C2C1N=C(CN1CCN(c3ccc(F)cc3)CC1)N2Cc1ccc(Cl)cc1. The molecule has 2 atom stereocenters. The second-order valence-corrected chi connectivity index (χ2v) is 9.24. The molecular formula is C24H26ClFN6O2. The van der Waals surface area contributed by atoms with Gasteiger partial charge in [0, 0.05) is 50.5 Å². The van der Waals surface area contributed by atoms with Gasteiger partial charge in [0.1, 0.15) is 11.7 Å². The minimum atomic E-state index is -0.575. The maximum Gasteiger partial charge on any atom is 0.325 e. The number of likely N-dealkylation sites (N-methyl/N-ethyl adjacent to an activating group) is 1. The molecule has 3 heterocycles. The van der Waals surface area contributed by atoms with Crippen LogP contribution in [0.4, 0.5) is 14.9 Å². The van der Waals surface area contributed by atoms with Crippen molar-refractivity contribution in [1.82, 2.24) is 20.0 Å². The van der Waals surface area contributed by atoms with E-state index >= 15 is 0 Å². The number of carbonyl (C=O) groups excluding carboxylic acids is 2. The predicted octanol–water partition coefficient (Wildman–Crippen LogP) is 2.39. The smallest absolute Gasteiger partial charge is 0.325 e. The fourth-order valence-corrected chi connectivity index (χ4v) is 4.83.